The van der Waals surface area contributed by atoms with E-state index in [-0.39, 0.29) is 6.61 Å². The van der Waals surface area contributed by atoms with E-state index in [9.17, 15) is 0 Å². The summed E-state index contributed by atoms with van der Waals surface area (Å²) >= 11 is 5.86. The third-order valence-corrected chi connectivity index (χ3v) is 2.28. The molecule has 78 valence electrons. The molecule has 4 nitrogen and oxygen atoms in total. The summed E-state index contributed by atoms with van der Waals surface area (Å²) in [5, 5.41) is 9.35. The zero-order valence-corrected chi connectivity index (χ0v) is 8.88. The van der Waals surface area contributed by atoms with Crippen molar-refractivity contribution in [1.82, 2.24) is 4.98 Å². The molecule has 1 unspecified atom stereocenters. The van der Waals surface area contributed by atoms with Gasteiger partial charge < -0.3 is 15.6 Å². The number of aliphatic hydroxyl groups excluding tert-OH is 1. The normalized spacial score (nSPS) is 12.6. The number of aromatic nitrogens is 1. The molecule has 1 atom stereocenters. The molecule has 0 aliphatic rings. The van der Waals surface area contributed by atoms with Crippen molar-refractivity contribution in [2.45, 2.75) is 13.0 Å². The lowest BCUT2D eigenvalue weighted by Gasteiger charge is -2.14. The first-order valence-electron chi connectivity index (χ1n) is 4.17. The molecule has 5 heteroatoms. The zero-order valence-electron chi connectivity index (χ0n) is 8.12. The first-order valence-corrected chi connectivity index (χ1v) is 4.55. The highest BCUT2D eigenvalue weighted by Crippen LogP contribution is 2.30. The smallest absolute Gasteiger partial charge is 0.143 e. The van der Waals surface area contributed by atoms with Crippen LogP contribution in [0.1, 0.15) is 17.3 Å². The Bertz CT molecular complexity index is 331. The first kappa shape index (κ1) is 11.2. The Morgan fingerprint density at radius 1 is 1.71 bits per heavy atom. The molecular weight excluding hydrogens is 204 g/mol. The van der Waals surface area contributed by atoms with Gasteiger partial charge in [0.05, 0.1) is 25.5 Å². The molecule has 3 N–H and O–H groups in total. The average Bonchev–Trinajstić information content (AvgIpc) is 2.18. The summed E-state index contributed by atoms with van der Waals surface area (Å²) in [6.07, 6.45) is 1.47. The number of hydrogen-bond donors (Lipinski definition) is 2. The van der Waals surface area contributed by atoms with Gasteiger partial charge in [-0.2, -0.15) is 0 Å². The van der Waals surface area contributed by atoms with E-state index >= 15 is 0 Å². The highest BCUT2D eigenvalue weighted by atomic mass is 35.5. The van der Waals surface area contributed by atoms with E-state index in [4.69, 9.17) is 27.2 Å². The second-order valence-electron chi connectivity index (χ2n) is 2.94. The molecule has 0 saturated heterocycles. The molecule has 14 heavy (non-hydrogen) atoms. The third kappa shape index (κ3) is 1.97. The molecule has 0 fully saturated rings. The number of aliphatic hydroxyl groups is 1. The molecule has 0 aromatic carbocycles. The van der Waals surface area contributed by atoms with Crippen molar-refractivity contribution in [2.24, 2.45) is 5.73 Å². The Labute approximate surface area is 87.7 Å². The summed E-state index contributed by atoms with van der Waals surface area (Å²) in [6, 6.07) is -0.499. The molecule has 0 bridgehead atoms. The number of hydrogen-bond acceptors (Lipinski definition) is 4. The van der Waals surface area contributed by atoms with Gasteiger partial charge in [0.1, 0.15) is 10.8 Å². The highest BCUT2D eigenvalue weighted by Gasteiger charge is 2.15. The number of ether oxygens (including phenoxy) is 1. The van der Waals surface area contributed by atoms with Crippen molar-refractivity contribution >= 4 is 11.6 Å². The van der Waals surface area contributed by atoms with Crippen LogP contribution in [0.15, 0.2) is 6.20 Å². The summed E-state index contributed by atoms with van der Waals surface area (Å²) in [5.41, 5.74) is 7.03. The Hall–Kier alpha value is -0.840. The summed E-state index contributed by atoms with van der Waals surface area (Å²) < 4.78 is 5.10. The van der Waals surface area contributed by atoms with Gasteiger partial charge in [-0.25, -0.2) is 0 Å². The van der Waals surface area contributed by atoms with Gasteiger partial charge in [-0.15, -0.1) is 0 Å². The van der Waals surface area contributed by atoms with E-state index in [2.05, 4.69) is 4.98 Å². The van der Waals surface area contributed by atoms with Gasteiger partial charge in [-0.1, -0.05) is 11.6 Å². The third-order valence-electron chi connectivity index (χ3n) is 2.01. The van der Waals surface area contributed by atoms with Gasteiger partial charge in [0.2, 0.25) is 0 Å². The minimum absolute atomic E-state index is 0.154. The molecule has 0 spiro atoms. The summed E-state index contributed by atoms with van der Waals surface area (Å²) in [4.78, 5) is 4.06. The van der Waals surface area contributed by atoms with Crippen molar-refractivity contribution in [3.8, 4) is 5.75 Å². The van der Waals surface area contributed by atoms with Gasteiger partial charge in [0.15, 0.2) is 0 Å². The van der Waals surface area contributed by atoms with Gasteiger partial charge >= 0.3 is 0 Å². The van der Waals surface area contributed by atoms with Crippen molar-refractivity contribution in [1.29, 1.82) is 0 Å². The van der Waals surface area contributed by atoms with Crippen molar-refractivity contribution < 1.29 is 9.84 Å². The second kappa shape index (κ2) is 4.59. The highest BCUT2D eigenvalue weighted by molar-refractivity contribution is 6.32. The topological polar surface area (TPSA) is 68.4 Å². The van der Waals surface area contributed by atoms with Crippen LogP contribution in [0, 0.1) is 6.92 Å². The molecule has 0 amide bonds. The Morgan fingerprint density at radius 2 is 2.36 bits per heavy atom. The van der Waals surface area contributed by atoms with Crippen molar-refractivity contribution in [3.05, 3.63) is 22.5 Å². The van der Waals surface area contributed by atoms with Crippen LogP contribution < -0.4 is 10.5 Å². The van der Waals surface area contributed by atoms with E-state index in [0.29, 0.717) is 16.5 Å². The number of rotatable bonds is 3. The molecule has 0 radical (unpaired) electrons. The number of halogens is 1. The first-order chi connectivity index (χ1) is 6.61. The van der Waals surface area contributed by atoms with Crippen LogP contribution >= 0.6 is 11.6 Å². The number of methoxy groups -OCH3 is 1. The maximum Gasteiger partial charge on any atom is 0.143 e. The molecular formula is C9H13ClN2O2. The van der Waals surface area contributed by atoms with E-state index in [1.165, 1.54) is 13.3 Å². The van der Waals surface area contributed by atoms with Crippen LogP contribution in [0.3, 0.4) is 0 Å². The minimum atomic E-state index is -0.499. The van der Waals surface area contributed by atoms with E-state index in [1.807, 2.05) is 6.92 Å². The standard InChI is InChI=1S/C9H13ClN2O2/c1-5-8(7(11)4-13)12-3-6(10)9(5)14-2/h3,7,13H,4,11H2,1-2H3. The Balaban J connectivity index is 3.21. The summed E-state index contributed by atoms with van der Waals surface area (Å²) in [6.45, 7) is 1.65. The SMILES string of the molecule is COc1c(Cl)cnc(C(N)CO)c1C. The predicted molar refractivity (Wildman–Crippen MR) is 54.6 cm³/mol. The fourth-order valence-corrected chi connectivity index (χ4v) is 1.56. The number of nitrogens with zero attached hydrogens (tertiary/aromatic N) is 1. The number of nitrogens with two attached hydrogens (primary N) is 1. The van der Waals surface area contributed by atoms with E-state index in [0.717, 1.165) is 5.56 Å². The van der Waals surface area contributed by atoms with Gasteiger partial charge in [0.25, 0.3) is 0 Å². The van der Waals surface area contributed by atoms with Crippen LogP contribution in [0.5, 0.6) is 5.75 Å². The maximum atomic E-state index is 8.91. The molecule has 1 aromatic heterocycles. The van der Waals surface area contributed by atoms with Gasteiger partial charge in [-0.3, -0.25) is 4.98 Å². The monoisotopic (exact) mass is 216 g/mol. The molecule has 0 saturated carbocycles. The lowest BCUT2D eigenvalue weighted by Crippen LogP contribution is -2.17. The quantitative estimate of drug-likeness (QED) is 0.793. The van der Waals surface area contributed by atoms with E-state index in [1.54, 1.807) is 0 Å². The molecule has 0 aliphatic heterocycles. The lowest BCUT2D eigenvalue weighted by atomic mass is 10.1. The molecule has 1 rings (SSSR count). The van der Waals surface area contributed by atoms with Crippen LogP contribution in [-0.2, 0) is 0 Å². The fourth-order valence-electron chi connectivity index (χ4n) is 1.29. The van der Waals surface area contributed by atoms with Crippen molar-refractivity contribution in [2.75, 3.05) is 13.7 Å². The Morgan fingerprint density at radius 3 is 2.86 bits per heavy atom. The Kier molecular flexibility index (Phi) is 3.69. The summed E-state index contributed by atoms with van der Waals surface area (Å²) in [7, 11) is 1.53. The van der Waals surface area contributed by atoms with Crippen LogP contribution in [0.2, 0.25) is 5.02 Å². The molecule has 0 aliphatic carbocycles. The van der Waals surface area contributed by atoms with Crippen molar-refractivity contribution in [3.63, 3.8) is 0 Å². The average molecular weight is 217 g/mol. The van der Waals surface area contributed by atoms with Crippen LogP contribution in [0.25, 0.3) is 0 Å². The largest absolute Gasteiger partial charge is 0.495 e. The van der Waals surface area contributed by atoms with Gasteiger partial charge in [-0.05, 0) is 6.92 Å². The second-order valence-corrected chi connectivity index (χ2v) is 3.35. The zero-order chi connectivity index (χ0) is 10.7. The predicted octanol–water partition coefficient (Wildman–Crippen LogP) is 1.04. The van der Waals surface area contributed by atoms with Crippen LogP contribution in [-0.4, -0.2) is 23.8 Å². The lowest BCUT2D eigenvalue weighted by molar-refractivity contribution is 0.265. The number of pyridine rings is 1. The summed E-state index contributed by atoms with van der Waals surface area (Å²) in [5.74, 6) is 0.556. The van der Waals surface area contributed by atoms with Crippen LogP contribution in [0.4, 0.5) is 0 Å². The molecule has 1 aromatic rings. The van der Waals surface area contributed by atoms with E-state index < -0.39 is 6.04 Å². The fraction of sp³-hybridized carbons (Fsp3) is 0.444. The minimum Gasteiger partial charge on any atom is -0.495 e. The van der Waals surface area contributed by atoms with Gasteiger partial charge in [0, 0.05) is 11.8 Å². The maximum absolute atomic E-state index is 8.91. The molecule has 1 heterocycles.